The van der Waals surface area contributed by atoms with Gasteiger partial charge in [-0.3, -0.25) is 4.79 Å². The zero-order valence-electron chi connectivity index (χ0n) is 15.8. The molecule has 1 N–H and O–H groups in total. The first-order chi connectivity index (χ1) is 13.1. The zero-order valence-corrected chi connectivity index (χ0v) is 18.2. The van der Waals surface area contributed by atoms with Crippen molar-refractivity contribution in [3.05, 3.63) is 61.6 Å². The van der Waals surface area contributed by atoms with Gasteiger partial charge >= 0.3 is 0 Å². The summed E-state index contributed by atoms with van der Waals surface area (Å²) < 4.78 is 7.19. The van der Waals surface area contributed by atoms with Crippen LogP contribution in [0.2, 0.25) is 5.02 Å². The second-order valence-electron chi connectivity index (χ2n) is 7.26. The molecule has 0 amide bonds. The summed E-state index contributed by atoms with van der Waals surface area (Å²) in [4.78, 5) is 17.8. The van der Waals surface area contributed by atoms with E-state index in [9.17, 15) is 9.90 Å². The Bertz CT molecular complexity index is 1150. The van der Waals surface area contributed by atoms with Crippen LogP contribution in [-0.4, -0.2) is 28.1 Å². The third-order valence-electron chi connectivity index (χ3n) is 4.07. The maximum Gasteiger partial charge on any atom is 0.282 e. The van der Waals surface area contributed by atoms with Crippen molar-refractivity contribution in [2.75, 3.05) is 7.11 Å². The molecule has 8 heteroatoms. The van der Waals surface area contributed by atoms with Crippen molar-refractivity contribution < 1.29 is 9.84 Å². The van der Waals surface area contributed by atoms with E-state index >= 15 is 0 Å². The number of ether oxygens (including phenoxy) is 1. The van der Waals surface area contributed by atoms with Crippen molar-refractivity contribution in [2.45, 2.75) is 26.2 Å². The third kappa shape index (κ3) is 3.91. The van der Waals surface area contributed by atoms with E-state index in [4.69, 9.17) is 16.3 Å². The standard InChI is InChI=1S/C20H19BrClN3O3/c1-20(2,3)19-24-15-6-5-12(21)9-13(15)18(27)25(19)23-10-11-7-14(22)17(26)16(8-11)28-4/h5-10,26H,1-4H3. The molecule has 0 saturated carbocycles. The maximum absolute atomic E-state index is 13.1. The van der Waals surface area contributed by atoms with Crippen LogP contribution >= 0.6 is 27.5 Å². The SMILES string of the molecule is COc1cc(C=Nn2c(C(C)(C)C)nc3ccc(Br)cc3c2=O)cc(Cl)c1O. The van der Waals surface area contributed by atoms with E-state index in [1.807, 2.05) is 26.8 Å². The Labute approximate surface area is 175 Å². The Balaban J connectivity index is 2.22. The second kappa shape index (κ2) is 7.56. The lowest BCUT2D eigenvalue weighted by Gasteiger charge is -2.20. The van der Waals surface area contributed by atoms with Crippen LogP contribution < -0.4 is 10.3 Å². The van der Waals surface area contributed by atoms with E-state index in [1.165, 1.54) is 24.1 Å². The molecule has 146 valence electrons. The molecule has 0 saturated heterocycles. The number of aromatic hydroxyl groups is 1. The van der Waals surface area contributed by atoms with E-state index in [-0.39, 0.29) is 22.1 Å². The minimum absolute atomic E-state index is 0.129. The van der Waals surface area contributed by atoms with Crippen LogP contribution in [0.3, 0.4) is 0 Å². The van der Waals surface area contributed by atoms with Gasteiger partial charge in [0.05, 0.1) is 29.2 Å². The summed E-state index contributed by atoms with van der Waals surface area (Å²) in [6, 6.07) is 8.49. The smallest absolute Gasteiger partial charge is 0.282 e. The molecule has 0 fully saturated rings. The van der Waals surface area contributed by atoms with Gasteiger partial charge in [0.15, 0.2) is 11.5 Å². The van der Waals surface area contributed by atoms with Gasteiger partial charge in [-0.25, -0.2) is 4.98 Å². The molecule has 0 radical (unpaired) electrons. The first-order valence-electron chi connectivity index (χ1n) is 8.45. The number of rotatable bonds is 3. The zero-order chi connectivity index (χ0) is 20.6. The molecule has 0 aliphatic rings. The Hall–Kier alpha value is -2.38. The molecular weight excluding hydrogens is 446 g/mol. The second-order valence-corrected chi connectivity index (χ2v) is 8.58. The first-order valence-corrected chi connectivity index (χ1v) is 9.62. The summed E-state index contributed by atoms with van der Waals surface area (Å²) in [6.07, 6.45) is 1.48. The summed E-state index contributed by atoms with van der Waals surface area (Å²) >= 11 is 9.42. The number of phenols is 1. The first kappa shape index (κ1) is 20.4. The summed E-state index contributed by atoms with van der Waals surface area (Å²) in [5.41, 5.74) is 0.492. The quantitative estimate of drug-likeness (QED) is 0.570. The highest BCUT2D eigenvalue weighted by Crippen LogP contribution is 2.34. The number of hydrogen-bond acceptors (Lipinski definition) is 5. The van der Waals surface area contributed by atoms with Crippen LogP contribution in [0.4, 0.5) is 0 Å². The number of hydrogen-bond donors (Lipinski definition) is 1. The molecule has 3 aromatic rings. The minimum Gasteiger partial charge on any atom is -0.503 e. The Morgan fingerprint density at radius 2 is 2.00 bits per heavy atom. The molecule has 1 aromatic heterocycles. The van der Waals surface area contributed by atoms with Crippen molar-refractivity contribution in [2.24, 2.45) is 5.10 Å². The molecule has 0 atom stereocenters. The van der Waals surface area contributed by atoms with Crippen molar-refractivity contribution in [1.29, 1.82) is 0 Å². The minimum atomic E-state index is -0.415. The van der Waals surface area contributed by atoms with Crippen molar-refractivity contribution in [1.82, 2.24) is 9.66 Å². The van der Waals surface area contributed by atoms with E-state index in [1.54, 1.807) is 18.2 Å². The van der Waals surface area contributed by atoms with Gasteiger partial charge in [0.1, 0.15) is 5.82 Å². The fourth-order valence-corrected chi connectivity index (χ4v) is 3.27. The molecule has 0 aliphatic heterocycles. The Morgan fingerprint density at radius 3 is 2.64 bits per heavy atom. The van der Waals surface area contributed by atoms with E-state index in [0.717, 1.165) is 4.47 Å². The van der Waals surface area contributed by atoms with Crippen LogP contribution in [0.1, 0.15) is 32.2 Å². The highest BCUT2D eigenvalue weighted by Gasteiger charge is 2.23. The van der Waals surface area contributed by atoms with Gasteiger partial charge in [-0.1, -0.05) is 48.3 Å². The van der Waals surface area contributed by atoms with Crippen molar-refractivity contribution in [3.8, 4) is 11.5 Å². The molecule has 3 rings (SSSR count). The van der Waals surface area contributed by atoms with E-state index in [0.29, 0.717) is 22.3 Å². The predicted molar refractivity (Wildman–Crippen MR) is 115 cm³/mol. The van der Waals surface area contributed by atoms with Gasteiger partial charge in [0.25, 0.3) is 5.56 Å². The van der Waals surface area contributed by atoms with Crippen LogP contribution in [0.15, 0.2) is 44.7 Å². The number of phenolic OH excluding ortho intramolecular Hbond substituents is 1. The van der Waals surface area contributed by atoms with Crippen LogP contribution in [0.25, 0.3) is 10.9 Å². The molecule has 1 heterocycles. The predicted octanol–water partition coefficient (Wildman–Crippen LogP) is 4.71. The van der Waals surface area contributed by atoms with Gasteiger partial charge < -0.3 is 9.84 Å². The molecule has 2 aromatic carbocycles. The summed E-state index contributed by atoms with van der Waals surface area (Å²) in [5.74, 6) is 0.601. The number of fused-ring (bicyclic) bond motifs is 1. The van der Waals surface area contributed by atoms with Gasteiger partial charge in [-0.15, -0.1) is 0 Å². The highest BCUT2D eigenvalue weighted by molar-refractivity contribution is 9.10. The summed E-state index contributed by atoms with van der Waals surface area (Å²) in [7, 11) is 1.43. The molecular formula is C20H19BrClN3O3. The van der Waals surface area contributed by atoms with Gasteiger partial charge in [0, 0.05) is 9.89 Å². The molecule has 6 nitrogen and oxygen atoms in total. The summed E-state index contributed by atoms with van der Waals surface area (Å²) in [6.45, 7) is 5.89. The lowest BCUT2D eigenvalue weighted by Crippen LogP contribution is -2.29. The lowest BCUT2D eigenvalue weighted by molar-refractivity contribution is 0.373. The Morgan fingerprint density at radius 1 is 1.29 bits per heavy atom. The number of methoxy groups -OCH3 is 1. The van der Waals surface area contributed by atoms with Gasteiger partial charge in [-0.05, 0) is 35.9 Å². The van der Waals surface area contributed by atoms with Gasteiger partial charge in [0.2, 0.25) is 0 Å². The van der Waals surface area contributed by atoms with E-state index < -0.39 is 5.41 Å². The number of benzene rings is 2. The van der Waals surface area contributed by atoms with E-state index in [2.05, 4.69) is 26.0 Å². The van der Waals surface area contributed by atoms with Crippen molar-refractivity contribution >= 4 is 44.6 Å². The lowest BCUT2D eigenvalue weighted by atomic mass is 9.95. The third-order valence-corrected chi connectivity index (χ3v) is 4.85. The molecule has 0 spiro atoms. The fourth-order valence-electron chi connectivity index (χ4n) is 2.69. The average molecular weight is 465 g/mol. The fraction of sp³-hybridized carbons (Fsp3) is 0.250. The van der Waals surface area contributed by atoms with Crippen LogP contribution in [0.5, 0.6) is 11.5 Å². The monoisotopic (exact) mass is 463 g/mol. The summed E-state index contributed by atoms with van der Waals surface area (Å²) in [5, 5.41) is 14.8. The highest BCUT2D eigenvalue weighted by atomic mass is 79.9. The van der Waals surface area contributed by atoms with Crippen LogP contribution in [0, 0.1) is 0 Å². The van der Waals surface area contributed by atoms with Crippen LogP contribution in [-0.2, 0) is 5.41 Å². The molecule has 0 unspecified atom stereocenters. The number of halogens is 2. The number of nitrogens with zero attached hydrogens (tertiary/aromatic N) is 3. The van der Waals surface area contributed by atoms with Crippen molar-refractivity contribution in [3.63, 3.8) is 0 Å². The Kier molecular flexibility index (Phi) is 5.50. The largest absolute Gasteiger partial charge is 0.503 e. The normalized spacial score (nSPS) is 12.1. The average Bonchev–Trinajstić information content (AvgIpc) is 2.63. The topological polar surface area (TPSA) is 76.7 Å². The maximum atomic E-state index is 13.1. The van der Waals surface area contributed by atoms with Gasteiger partial charge in [-0.2, -0.15) is 9.78 Å². The number of aromatic nitrogens is 2. The molecule has 0 bridgehead atoms. The molecule has 0 aliphatic carbocycles. The molecule has 28 heavy (non-hydrogen) atoms.